The van der Waals surface area contributed by atoms with Crippen molar-refractivity contribution in [2.75, 3.05) is 0 Å². The summed E-state index contributed by atoms with van der Waals surface area (Å²) in [6.07, 6.45) is 0.631. The third kappa shape index (κ3) is 2.41. The Kier molecular flexibility index (Phi) is 3.86. The first-order valence-electron chi connectivity index (χ1n) is 4.38. The number of Topliss-reactive ketones (excluding diaryl/α,β-unsaturated/α-hetero) is 1. The van der Waals surface area contributed by atoms with Gasteiger partial charge < -0.3 is 6.15 Å². The second-order valence-electron chi connectivity index (χ2n) is 3.37. The van der Waals surface area contributed by atoms with Crippen molar-refractivity contribution in [1.29, 1.82) is 0 Å². The molecule has 6 nitrogen and oxygen atoms in total. The summed E-state index contributed by atoms with van der Waals surface area (Å²) in [6.45, 7) is 0. The van der Waals surface area contributed by atoms with Crippen LogP contribution in [0.15, 0.2) is 28.7 Å². The summed E-state index contributed by atoms with van der Waals surface area (Å²) >= 11 is 3.12. The topological polar surface area (TPSA) is 124 Å². The van der Waals surface area contributed by atoms with Crippen LogP contribution in [0, 0.1) is 0 Å². The Morgan fingerprint density at radius 2 is 1.72 bits per heavy atom. The first-order valence-corrected chi connectivity index (χ1v) is 6.62. The first-order chi connectivity index (χ1) is 7.80. The van der Waals surface area contributed by atoms with Gasteiger partial charge in [0.2, 0.25) is 11.6 Å². The molecule has 0 saturated heterocycles. The fraction of sp³-hybridized carbons (Fsp3) is 0. The van der Waals surface area contributed by atoms with E-state index in [9.17, 15) is 18.0 Å². The molecule has 1 aromatic rings. The van der Waals surface area contributed by atoms with Gasteiger partial charge in [0.1, 0.15) is 4.91 Å². The number of hydrogen-bond acceptors (Lipinski definition) is 5. The number of benzene rings is 1. The van der Waals surface area contributed by atoms with E-state index < -0.39 is 26.6 Å². The Morgan fingerprint density at radius 3 is 2.28 bits per heavy atom. The second-order valence-corrected chi connectivity index (χ2v) is 5.67. The number of allylic oxidation sites excluding steroid dienone is 1. The van der Waals surface area contributed by atoms with Gasteiger partial charge in [-0.05, 0) is 18.2 Å². The maximum Gasteiger partial charge on any atom is 0.295 e. The first kappa shape index (κ1) is 14.7. The minimum Gasteiger partial charge on any atom is -0.344 e. The van der Waals surface area contributed by atoms with Crippen molar-refractivity contribution in [3.8, 4) is 0 Å². The lowest BCUT2D eigenvalue weighted by Crippen LogP contribution is -2.21. The summed E-state index contributed by atoms with van der Waals surface area (Å²) in [6, 6.07) is 4.20. The van der Waals surface area contributed by atoms with Crippen molar-refractivity contribution in [3.05, 3.63) is 39.9 Å². The van der Waals surface area contributed by atoms with Gasteiger partial charge in [-0.15, -0.1) is 0 Å². The van der Waals surface area contributed by atoms with Crippen LogP contribution in [0.4, 0.5) is 0 Å². The number of rotatable bonds is 1. The van der Waals surface area contributed by atoms with Crippen molar-refractivity contribution < 1.29 is 22.6 Å². The Morgan fingerprint density at radius 1 is 1.11 bits per heavy atom. The van der Waals surface area contributed by atoms with E-state index in [-0.39, 0.29) is 17.3 Å². The number of hydrogen-bond donors (Lipinski definition) is 2. The predicted molar refractivity (Wildman–Crippen MR) is 68.0 cm³/mol. The Balaban J connectivity index is 0.00000162. The van der Waals surface area contributed by atoms with Crippen molar-refractivity contribution in [3.63, 3.8) is 0 Å². The summed E-state index contributed by atoms with van der Waals surface area (Å²) in [7, 11) is -4.55. The molecule has 96 valence electrons. The largest absolute Gasteiger partial charge is 0.344 e. The summed E-state index contributed by atoms with van der Waals surface area (Å²) in [5.74, 6) is -1.76. The Labute approximate surface area is 111 Å². The normalized spacial score (nSPS) is 14.7. The van der Waals surface area contributed by atoms with Gasteiger partial charge >= 0.3 is 0 Å². The number of carbonyl (C=O) groups excluding carboxylic acids is 2. The molecule has 0 fully saturated rings. The molecule has 1 aromatic carbocycles. The zero-order chi connectivity index (χ0) is 12.8. The van der Waals surface area contributed by atoms with Crippen LogP contribution in [-0.2, 0) is 14.9 Å². The van der Waals surface area contributed by atoms with Crippen LogP contribution in [0.1, 0.15) is 15.9 Å². The molecule has 0 saturated carbocycles. The molecule has 2 rings (SSSR count). The highest BCUT2D eigenvalue weighted by Gasteiger charge is 2.31. The van der Waals surface area contributed by atoms with Gasteiger partial charge in [-0.25, -0.2) is 0 Å². The van der Waals surface area contributed by atoms with E-state index in [1.807, 2.05) is 0 Å². The standard InChI is InChI=1S/C10H5BrO5S.H3N/c11-5-1-2-6-7(3-5)9(17(14,15)16)4-8(12)10(6)13;/h1-4H,(H,14,15,16);1H3. The van der Waals surface area contributed by atoms with E-state index in [1.165, 1.54) is 18.2 Å². The van der Waals surface area contributed by atoms with Crippen LogP contribution in [0.5, 0.6) is 0 Å². The van der Waals surface area contributed by atoms with Crippen LogP contribution < -0.4 is 6.15 Å². The molecule has 1 aliphatic rings. The smallest absolute Gasteiger partial charge is 0.295 e. The highest BCUT2D eigenvalue weighted by atomic mass is 79.9. The predicted octanol–water partition coefficient (Wildman–Crippen LogP) is 1.61. The molecule has 1 aliphatic carbocycles. The molecule has 0 heterocycles. The molecule has 8 heteroatoms. The van der Waals surface area contributed by atoms with Crippen LogP contribution in [-0.4, -0.2) is 24.5 Å². The third-order valence-electron chi connectivity index (χ3n) is 2.26. The average molecular weight is 334 g/mol. The summed E-state index contributed by atoms with van der Waals surface area (Å²) in [5, 5.41) is 0. The van der Waals surface area contributed by atoms with Gasteiger partial charge in [-0.2, -0.15) is 8.42 Å². The zero-order valence-corrected chi connectivity index (χ0v) is 11.3. The molecule has 0 atom stereocenters. The van der Waals surface area contributed by atoms with Crippen LogP contribution in [0.2, 0.25) is 0 Å². The monoisotopic (exact) mass is 333 g/mol. The van der Waals surface area contributed by atoms with Gasteiger partial charge in [-0.3, -0.25) is 14.1 Å². The van der Waals surface area contributed by atoms with Crippen molar-refractivity contribution in [1.82, 2.24) is 6.15 Å². The summed E-state index contributed by atoms with van der Waals surface area (Å²) in [4.78, 5) is 22.2. The quantitative estimate of drug-likeness (QED) is 0.594. The average Bonchev–Trinajstić information content (AvgIpc) is 2.21. The van der Waals surface area contributed by atoms with Crippen LogP contribution in [0.3, 0.4) is 0 Å². The molecular weight excluding hydrogens is 326 g/mol. The number of fused-ring (bicyclic) bond motifs is 1. The van der Waals surface area contributed by atoms with Gasteiger partial charge in [0, 0.05) is 21.7 Å². The third-order valence-corrected chi connectivity index (χ3v) is 3.64. The lowest BCUT2D eigenvalue weighted by atomic mass is 9.95. The van der Waals surface area contributed by atoms with Gasteiger partial charge in [0.05, 0.1) is 0 Å². The maximum atomic E-state index is 11.5. The fourth-order valence-electron chi connectivity index (χ4n) is 1.53. The number of ketones is 2. The zero-order valence-electron chi connectivity index (χ0n) is 8.88. The molecule has 0 spiro atoms. The van der Waals surface area contributed by atoms with E-state index in [0.29, 0.717) is 10.5 Å². The molecule has 0 aliphatic heterocycles. The highest BCUT2D eigenvalue weighted by molar-refractivity contribution is 9.10. The molecular formula is C10H8BrNO5S. The molecule has 0 aromatic heterocycles. The SMILES string of the molecule is N.O=C1C=C(S(=O)(=O)O)c2cc(Br)ccc2C1=O. The van der Waals surface area contributed by atoms with E-state index in [1.54, 1.807) is 0 Å². The van der Waals surface area contributed by atoms with Crippen molar-refractivity contribution in [2.45, 2.75) is 0 Å². The number of halogens is 1. The van der Waals surface area contributed by atoms with E-state index in [2.05, 4.69) is 15.9 Å². The van der Waals surface area contributed by atoms with Crippen molar-refractivity contribution >= 4 is 42.5 Å². The molecule has 4 N–H and O–H groups in total. The van der Waals surface area contributed by atoms with Gasteiger partial charge in [0.15, 0.2) is 0 Å². The van der Waals surface area contributed by atoms with E-state index in [0.717, 1.165) is 0 Å². The molecule has 0 unspecified atom stereocenters. The molecule has 18 heavy (non-hydrogen) atoms. The summed E-state index contributed by atoms with van der Waals surface area (Å²) in [5.41, 5.74) is -0.0141. The highest BCUT2D eigenvalue weighted by Crippen LogP contribution is 2.30. The van der Waals surface area contributed by atoms with Gasteiger partial charge in [0.25, 0.3) is 10.1 Å². The van der Waals surface area contributed by atoms with Crippen molar-refractivity contribution in [2.24, 2.45) is 0 Å². The Hall–Kier alpha value is -1.35. The van der Waals surface area contributed by atoms with Crippen LogP contribution >= 0.6 is 15.9 Å². The number of carbonyl (C=O) groups is 2. The Bertz CT molecular complexity index is 678. The molecule has 0 radical (unpaired) electrons. The second kappa shape index (κ2) is 4.73. The molecule has 0 amide bonds. The lowest BCUT2D eigenvalue weighted by Gasteiger charge is -2.14. The molecule has 0 bridgehead atoms. The lowest BCUT2D eigenvalue weighted by molar-refractivity contribution is -0.110. The van der Waals surface area contributed by atoms with E-state index in [4.69, 9.17) is 4.55 Å². The fourth-order valence-corrected chi connectivity index (χ4v) is 2.59. The maximum absolute atomic E-state index is 11.5. The summed E-state index contributed by atoms with van der Waals surface area (Å²) < 4.78 is 31.8. The minimum absolute atomic E-state index is 0. The van der Waals surface area contributed by atoms with E-state index >= 15 is 0 Å². The minimum atomic E-state index is -4.55. The van der Waals surface area contributed by atoms with Gasteiger partial charge in [-0.1, -0.05) is 15.9 Å². The van der Waals surface area contributed by atoms with Crippen LogP contribution in [0.25, 0.3) is 4.91 Å².